The molecular formula is C24H26ClN3O3S. The van der Waals surface area contributed by atoms with Gasteiger partial charge in [-0.2, -0.15) is 8.42 Å². The van der Waals surface area contributed by atoms with Crippen LogP contribution in [0.1, 0.15) is 43.9 Å². The molecule has 0 saturated carbocycles. The van der Waals surface area contributed by atoms with Crippen LogP contribution < -0.4 is 5.32 Å². The predicted molar refractivity (Wildman–Crippen MR) is 128 cm³/mol. The number of amides is 1. The minimum absolute atomic E-state index is 0.0381. The van der Waals surface area contributed by atoms with Crippen molar-refractivity contribution in [3.05, 3.63) is 76.3 Å². The molecule has 4 rings (SSSR count). The number of likely N-dealkylation sites (tertiary alicyclic amines) is 1. The van der Waals surface area contributed by atoms with Gasteiger partial charge in [0.25, 0.3) is 10.0 Å². The first-order valence-electron chi connectivity index (χ1n) is 10.7. The van der Waals surface area contributed by atoms with Gasteiger partial charge in [-0.15, -0.1) is 4.40 Å². The number of piperidine rings is 1. The van der Waals surface area contributed by atoms with Gasteiger partial charge < -0.3 is 10.2 Å². The zero-order valence-electron chi connectivity index (χ0n) is 18.1. The van der Waals surface area contributed by atoms with Crippen LogP contribution in [-0.4, -0.2) is 38.2 Å². The lowest BCUT2D eigenvalue weighted by Gasteiger charge is -2.33. The lowest BCUT2D eigenvalue weighted by molar-refractivity contribution is -0.126. The molecule has 1 atom stereocenters. The van der Waals surface area contributed by atoms with Crippen LogP contribution in [0, 0.1) is 5.92 Å². The molecule has 8 heteroatoms. The van der Waals surface area contributed by atoms with Crippen molar-refractivity contribution < 1.29 is 13.2 Å². The highest BCUT2D eigenvalue weighted by molar-refractivity contribution is 8.00. The van der Waals surface area contributed by atoms with Crippen LogP contribution in [-0.2, 0) is 14.8 Å². The van der Waals surface area contributed by atoms with Crippen LogP contribution in [0.5, 0.6) is 0 Å². The van der Waals surface area contributed by atoms with Crippen LogP contribution >= 0.6 is 11.6 Å². The normalized spacial score (nSPS) is 19.6. The van der Waals surface area contributed by atoms with E-state index in [0.29, 0.717) is 47.9 Å². The highest BCUT2D eigenvalue weighted by atomic mass is 35.5. The predicted octanol–water partition coefficient (Wildman–Crippen LogP) is 4.40. The molecule has 1 saturated heterocycles. The van der Waals surface area contributed by atoms with E-state index in [1.54, 1.807) is 31.2 Å². The molecule has 0 aliphatic carbocycles. The van der Waals surface area contributed by atoms with Crippen molar-refractivity contribution >= 4 is 38.3 Å². The minimum atomic E-state index is -3.77. The van der Waals surface area contributed by atoms with Crippen LogP contribution in [0.25, 0.3) is 4.91 Å². The third kappa shape index (κ3) is 4.59. The number of amidine groups is 1. The number of rotatable bonds is 4. The van der Waals surface area contributed by atoms with E-state index in [2.05, 4.69) is 9.71 Å². The molecule has 2 aliphatic rings. The van der Waals surface area contributed by atoms with Crippen molar-refractivity contribution in [2.24, 2.45) is 10.3 Å². The molecule has 2 aromatic rings. The summed E-state index contributed by atoms with van der Waals surface area (Å²) in [4.78, 5) is 15.0. The van der Waals surface area contributed by atoms with Gasteiger partial charge in [-0.1, -0.05) is 54.1 Å². The van der Waals surface area contributed by atoms with Gasteiger partial charge in [-0.25, -0.2) is 0 Å². The van der Waals surface area contributed by atoms with E-state index in [1.165, 1.54) is 0 Å². The standard InChI is InChI=1S/C24H26ClN3O3S/c1-16-22(19-8-10-21(25)11-9-19)32(30,31)27-23(16)28-14-12-20(13-15-28)24(29)26-17(2)18-6-4-3-5-7-18/h3-11,17,20H,12-15H2,1-2H3,(H,26,29)/t17-/m0/s1. The Bertz CT molecular complexity index is 1170. The Morgan fingerprint density at radius 3 is 2.34 bits per heavy atom. The first kappa shape index (κ1) is 22.6. The lowest BCUT2D eigenvalue weighted by atomic mass is 9.94. The van der Waals surface area contributed by atoms with E-state index >= 15 is 0 Å². The number of nitrogens with one attached hydrogen (secondary N) is 1. The quantitative estimate of drug-likeness (QED) is 0.716. The Labute approximate surface area is 194 Å². The topological polar surface area (TPSA) is 78.8 Å². The Balaban J connectivity index is 1.43. The summed E-state index contributed by atoms with van der Waals surface area (Å²) >= 11 is 5.95. The number of hydrogen-bond donors (Lipinski definition) is 1. The molecule has 0 unspecified atom stereocenters. The number of carbonyl (C=O) groups excluding carboxylic acids is 1. The largest absolute Gasteiger partial charge is 0.356 e. The van der Waals surface area contributed by atoms with E-state index in [-0.39, 0.29) is 22.8 Å². The number of hydrogen-bond acceptors (Lipinski definition) is 4. The molecule has 2 aliphatic heterocycles. The summed E-state index contributed by atoms with van der Waals surface area (Å²) in [5, 5.41) is 3.65. The number of nitrogens with zero attached hydrogens (tertiary/aromatic N) is 2. The average molecular weight is 472 g/mol. The molecule has 168 valence electrons. The summed E-state index contributed by atoms with van der Waals surface area (Å²) in [6, 6.07) is 16.5. The van der Waals surface area contributed by atoms with Crippen LogP contribution in [0.2, 0.25) is 5.02 Å². The van der Waals surface area contributed by atoms with Crippen LogP contribution in [0.15, 0.2) is 64.6 Å². The summed E-state index contributed by atoms with van der Waals surface area (Å²) in [6.07, 6.45) is 1.30. The van der Waals surface area contributed by atoms with Gasteiger partial charge in [0.1, 0.15) is 10.7 Å². The van der Waals surface area contributed by atoms with E-state index in [0.717, 1.165) is 5.56 Å². The molecular weight excluding hydrogens is 446 g/mol. The van der Waals surface area contributed by atoms with Gasteiger partial charge in [0.05, 0.1) is 6.04 Å². The highest BCUT2D eigenvalue weighted by Crippen LogP contribution is 2.35. The molecule has 0 aromatic heterocycles. The third-order valence-electron chi connectivity index (χ3n) is 6.07. The van der Waals surface area contributed by atoms with E-state index in [1.807, 2.05) is 42.2 Å². The van der Waals surface area contributed by atoms with E-state index in [9.17, 15) is 13.2 Å². The fourth-order valence-corrected chi connectivity index (χ4v) is 5.90. The summed E-state index contributed by atoms with van der Waals surface area (Å²) in [7, 11) is -3.77. The van der Waals surface area contributed by atoms with E-state index in [4.69, 9.17) is 11.6 Å². The first-order chi connectivity index (χ1) is 15.3. The fraction of sp³-hybridized carbons (Fsp3) is 0.333. The Kier molecular flexibility index (Phi) is 6.40. The maximum atomic E-state index is 12.8. The molecule has 32 heavy (non-hydrogen) atoms. The monoisotopic (exact) mass is 471 g/mol. The second kappa shape index (κ2) is 9.08. The Morgan fingerprint density at radius 2 is 1.72 bits per heavy atom. The SMILES string of the molecule is CC1=C(c2ccc(Cl)cc2)S(=O)(=O)N=C1N1CCC(C(=O)N[C@@H](C)c2ccccc2)CC1. The first-order valence-corrected chi connectivity index (χ1v) is 12.5. The van der Waals surface area contributed by atoms with Crippen LogP contribution in [0.4, 0.5) is 0 Å². The van der Waals surface area contributed by atoms with Crippen molar-refractivity contribution in [1.29, 1.82) is 0 Å². The molecule has 2 heterocycles. The zero-order valence-corrected chi connectivity index (χ0v) is 19.7. The maximum Gasteiger partial charge on any atom is 0.285 e. The summed E-state index contributed by atoms with van der Waals surface area (Å²) in [6.45, 7) is 4.93. The average Bonchev–Trinajstić information content (AvgIpc) is 3.03. The third-order valence-corrected chi connectivity index (χ3v) is 7.79. The fourth-order valence-electron chi connectivity index (χ4n) is 4.29. The van der Waals surface area contributed by atoms with Gasteiger partial charge in [0.15, 0.2) is 0 Å². The van der Waals surface area contributed by atoms with Crippen molar-refractivity contribution in [2.45, 2.75) is 32.7 Å². The maximum absolute atomic E-state index is 12.8. The minimum Gasteiger partial charge on any atom is -0.356 e. The van der Waals surface area contributed by atoms with Gasteiger partial charge >= 0.3 is 0 Å². The van der Waals surface area contributed by atoms with Crippen molar-refractivity contribution in [2.75, 3.05) is 13.1 Å². The number of carbonyl (C=O) groups is 1. The molecule has 1 N–H and O–H groups in total. The molecule has 0 spiro atoms. The van der Waals surface area contributed by atoms with Crippen LogP contribution in [0.3, 0.4) is 0 Å². The molecule has 1 amide bonds. The second-order valence-corrected chi connectivity index (χ2v) is 10.2. The van der Waals surface area contributed by atoms with Gasteiger partial charge in [-0.3, -0.25) is 4.79 Å². The summed E-state index contributed by atoms with van der Waals surface area (Å²) in [5.41, 5.74) is 2.28. The second-order valence-electron chi connectivity index (χ2n) is 8.25. The van der Waals surface area contributed by atoms with Crippen molar-refractivity contribution in [3.8, 4) is 0 Å². The van der Waals surface area contributed by atoms with Gasteiger partial charge in [0, 0.05) is 29.6 Å². The zero-order chi connectivity index (χ0) is 22.9. The highest BCUT2D eigenvalue weighted by Gasteiger charge is 2.35. The molecule has 0 radical (unpaired) electrons. The van der Waals surface area contributed by atoms with E-state index < -0.39 is 10.0 Å². The molecule has 6 nitrogen and oxygen atoms in total. The lowest BCUT2D eigenvalue weighted by Crippen LogP contribution is -2.43. The van der Waals surface area contributed by atoms with Gasteiger partial charge in [-0.05, 0) is 49.9 Å². The number of halogens is 1. The Morgan fingerprint density at radius 1 is 1.09 bits per heavy atom. The Hall–Kier alpha value is -2.64. The molecule has 1 fully saturated rings. The smallest absolute Gasteiger partial charge is 0.285 e. The summed E-state index contributed by atoms with van der Waals surface area (Å²) < 4.78 is 29.6. The number of sulfonamides is 1. The summed E-state index contributed by atoms with van der Waals surface area (Å²) in [5.74, 6) is 0.415. The van der Waals surface area contributed by atoms with Gasteiger partial charge in [0.2, 0.25) is 5.91 Å². The number of benzene rings is 2. The molecule has 2 aromatic carbocycles. The van der Waals surface area contributed by atoms with Crippen molar-refractivity contribution in [3.63, 3.8) is 0 Å². The van der Waals surface area contributed by atoms with Crippen molar-refractivity contribution in [1.82, 2.24) is 10.2 Å². The molecule has 0 bridgehead atoms.